The lowest BCUT2D eigenvalue weighted by Gasteiger charge is -2.29. The van der Waals surface area contributed by atoms with Crippen molar-refractivity contribution in [1.29, 1.82) is 0 Å². The Kier molecular flexibility index (Phi) is 2.22. The van der Waals surface area contributed by atoms with E-state index in [1.807, 2.05) is 0 Å². The fourth-order valence-electron chi connectivity index (χ4n) is 0. The van der Waals surface area contributed by atoms with Gasteiger partial charge in [0.25, 0.3) is 0 Å². The van der Waals surface area contributed by atoms with Crippen LogP contribution in [0.4, 0.5) is 0 Å². The number of hydrogen-bond acceptors (Lipinski definition) is 0. The maximum atomic E-state index is 3.80. The van der Waals surface area contributed by atoms with Gasteiger partial charge in [-0.1, -0.05) is 0 Å². The lowest BCUT2D eigenvalue weighted by molar-refractivity contribution is 0.739. The molecule has 38 valence electrons. The Labute approximate surface area is 40.6 Å². The Bertz CT molecular complexity index is 21.0. The molecule has 0 saturated carbocycles. The van der Waals surface area contributed by atoms with Crippen LogP contribution in [0.3, 0.4) is 0 Å². The van der Waals surface area contributed by atoms with Crippen molar-refractivity contribution in [3.8, 4) is 0 Å². The van der Waals surface area contributed by atoms with Crippen molar-refractivity contribution in [2.75, 3.05) is 0 Å². The standard InChI is InChI=1S/C6H12/c1-5(2)6(3)4/h5H,1H2,2-4H3/q-2. The number of rotatable bonds is 1. The summed E-state index contributed by atoms with van der Waals surface area (Å²) >= 11 is 0. The maximum Gasteiger partial charge on any atom is -0.116 e. The van der Waals surface area contributed by atoms with E-state index in [4.69, 9.17) is 0 Å². The van der Waals surface area contributed by atoms with Crippen LogP contribution in [0.25, 0.3) is 0 Å². The highest BCUT2D eigenvalue weighted by Crippen LogP contribution is 2.07. The van der Waals surface area contributed by atoms with E-state index < -0.39 is 0 Å². The third-order valence-electron chi connectivity index (χ3n) is 0.986. The van der Waals surface area contributed by atoms with Gasteiger partial charge in [-0.3, -0.25) is 0 Å². The summed E-state index contributed by atoms with van der Waals surface area (Å²) < 4.78 is 0. The smallest absolute Gasteiger partial charge is 0.116 e. The number of hydrogen-bond donors (Lipinski definition) is 0. The van der Waals surface area contributed by atoms with Gasteiger partial charge in [-0.2, -0.15) is 13.8 Å². The van der Waals surface area contributed by atoms with Gasteiger partial charge >= 0.3 is 0 Å². The van der Waals surface area contributed by atoms with Gasteiger partial charge in [0.05, 0.1) is 0 Å². The fourth-order valence-corrected chi connectivity index (χ4v) is 0. The van der Waals surface area contributed by atoms with Gasteiger partial charge in [0.1, 0.15) is 0 Å². The summed E-state index contributed by atoms with van der Waals surface area (Å²) in [5, 5.41) is 0. The third kappa shape index (κ3) is 2.25. The van der Waals surface area contributed by atoms with E-state index in [-0.39, 0.29) is 0 Å². The van der Waals surface area contributed by atoms with Crippen molar-refractivity contribution < 1.29 is 0 Å². The van der Waals surface area contributed by atoms with E-state index in [0.717, 1.165) is 0 Å². The highest BCUT2D eigenvalue weighted by molar-refractivity contribution is 4.84. The molecule has 0 aromatic rings. The zero-order valence-corrected chi connectivity index (χ0v) is 4.78. The second kappa shape index (κ2) is 2.22. The summed E-state index contributed by atoms with van der Waals surface area (Å²) in [6.07, 6.45) is 0. The first-order valence-electron chi connectivity index (χ1n) is 2.27. The molecule has 6 heavy (non-hydrogen) atoms. The van der Waals surface area contributed by atoms with E-state index >= 15 is 0 Å². The first-order chi connectivity index (χ1) is 2.64. The average molecular weight is 84.2 g/mol. The summed E-state index contributed by atoms with van der Waals surface area (Å²) in [5.41, 5.74) is 0. The molecule has 0 nitrogen and oxygen atoms in total. The minimum atomic E-state index is 0.519. The zero-order chi connectivity index (χ0) is 5.15. The largest absolute Gasteiger partial charge is 0.369 e. The Morgan fingerprint density at radius 2 is 1.67 bits per heavy atom. The fraction of sp³-hybridized carbons (Fsp3) is 0.667. The normalized spacial score (nSPS) is 15.5. The molecule has 0 bridgehead atoms. The van der Waals surface area contributed by atoms with Gasteiger partial charge in [-0.25, -0.2) is 0 Å². The molecule has 0 fully saturated rings. The SMILES string of the molecule is [CH2-]C(C)[C-](C)C. The molecule has 0 aliphatic heterocycles. The summed E-state index contributed by atoms with van der Waals surface area (Å²) in [5.74, 6) is 1.92. The van der Waals surface area contributed by atoms with E-state index in [9.17, 15) is 0 Å². The predicted molar refractivity (Wildman–Crippen MR) is 29.1 cm³/mol. The quantitative estimate of drug-likeness (QED) is 0.427. The highest BCUT2D eigenvalue weighted by atomic mass is 14.0. The first kappa shape index (κ1) is 6.00. The average Bonchev–Trinajstić information content (AvgIpc) is 1.36. The van der Waals surface area contributed by atoms with Crippen molar-refractivity contribution in [1.82, 2.24) is 0 Å². The molecule has 0 aromatic heterocycles. The molecule has 0 aliphatic carbocycles. The molecule has 0 N–H and O–H groups in total. The summed E-state index contributed by atoms with van der Waals surface area (Å²) in [4.78, 5) is 0. The van der Waals surface area contributed by atoms with Crippen LogP contribution in [0.5, 0.6) is 0 Å². The van der Waals surface area contributed by atoms with E-state index in [2.05, 4.69) is 27.7 Å². The van der Waals surface area contributed by atoms with Gasteiger partial charge < -0.3 is 18.8 Å². The first-order valence-corrected chi connectivity index (χ1v) is 2.27. The van der Waals surface area contributed by atoms with Gasteiger partial charge in [0.2, 0.25) is 0 Å². The molecule has 0 aliphatic rings. The zero-order valence-electron chi connectivity index (χ0n) is 4.78. The van der Waals surface area contributed by atoms with Crippen molar-refractivity contribution >= 4 is 0 Å². The van der Waals surface area contributed by atoms with E-state index in [1.54, 1.807) is 0 Å². The molecule has 1 unspecified atom stereocenters. The monoisotopic (exact) mass is 84.1 g/mol. The second-order valence-corrected chi connectivity index (χ2v) is 1.98. The Balaban J connectivity index is 2.99. The van der Waals surface area contributed by atoms with Crippen molar-refractivity contribution in [2.24, 2.45) is 5.92 Å². The van der Waals surface area contributed by atoms with E-state index in [0.29, 0.717) is 5.92 Å². The van der Waals surface area contributed by atoms with Crippen LogP contribution in [-0.4, -0.2) is 0 Å². The van der Waals surface area contributed by atoms with Gasteiger partial charge in [-0.15, -0.1) is 6.92 Å². The lowest BCUT2D eigenvalue weighted by atomic mass is 10.0. The third-order valence-corrected chi connectivity index (χ3v) is 0.986. The van der Waals surface area contributed by atoms with Crippen LogP contribution in [0.1, 0.15) is 20.8 Å². The molecule has 0 heterocycles. The van der Waals surface area contributed by atoms with Gasteiger partial charge in [0, 0.05) is 0 Å². The van der Waals surface area contributed by atoms with Crippen molar-refractivity contribution in [3.05, 3.63) is 12.8 Å². The Hall–Kier alpha value is 0. The molecule has 0 saturated heterocycles. The summed E-state index contributed by atoms with van der Waals surface area (Å²) in [6.45, 7) is 10.1. The minimum Gasteiger partial charge on any atom is -0.369 e. The summed E-state index contributed by atoms with van der Waals surface area (Å²) in [6, 6.07) is 0. The Morgan fingerprint density at radius 3 is 1.67 bits per heavy atom. The lowest BCUT2D eigenvalue weighted by Crippen LogP contribution is -1.93. The Morgan fingerprint density at radius 1 is 1.50 bits per heavy atom. The molecule has 0 aromatic carbocycles. The van der Waals surface area contributed by atoms with E-state index in [1.165, 1.54) is 5.92 Å². The van der Waals surface area contributed by atoms with Crippen LogP contribution < -0.4 is 0 Å². The maximum absolute atomic E-state index is 3.80. The van der Waals surface area contributed by atoms with Crippen LogP contribution in [0, 0.1) is 18.8 Å². The summed E-state index contributed by atoms with van der Waals surface area (Å²) in [7, 11) is 0. The molecule has 1 atom stereocenters. The van der Waals surface area contributed by atoms with Crippen LogP contribution in [0.2, 0.25) is 0 Å². The van der Waals surface area contributed by atoms with Crippen LogP contribution >= 0.6 is 0 Å². The minimum absolute atomic E-state index is 0.519. The van der Waals surface area contributed by atoms with Gasteiger partial charge in [-0.05, 0) is 0 Å². The second-order valence-electron chi connectivity index (χ2n) is 1.98. The molecular weight excluding hydrogens is 72.1 g/mol. The van der Waals surface area contributed by atoms with Crippen molar-refractivity contribution in [3.63, 3.8) is 0 Å². The molecule has 0 amide bonds. The van der Waals surface area contributed by atoms with Crippen LogP contribution in [0.15, 0.2) is 0 Å². The molecule has 0 rings (SSSR count). The molecule has 0 spiro atoms. The molecule has 0 radical (unpaired) electrons. The predicted octanol–water partition coefficient (Wildman–Crippen LogP) is 2.07. The van der Waals surface area contributed by atoms with Crippen molar-refractivity contribution in [2.45, 2.75) is 20.8 Å². The molecule has 0 heteroatoms. The van der Waals surface area contributed by atoms with Gasteiger partial charge in [0.15, 0.2) is 0 Å². The topological polar surface area (TPSA) is 0 Å². The highest BCUT2D eigenvalue weighted by Gasteiger charge is 1.72. The van der Waals surface area contributed by atoms with Crippen LogP contribution in [-0.2, 0) is 0 Å². The molecular formula is C6H12-2.